The van der Waals surface area contributed by atoms with Crippen molar-refractivity contribution in [3.05, 3.63) is 64.9 Å². The first-order valence-corrected chi connectivity index (χ1v) is 11.2. The van der Waals surface area contributed by atoms with E-state index in [-0.39, 0.29) is 5.91 Å². The van der Waals surface area contributed by atoms with Crippen LogP contribution in [-0.2, 0) is 0 Å². The summed E-state index contributed by atoms with van der Waals surface area (Å²) in [5, 5.41) is 1.78. The molecule has 0 bridgehead atoms. The highest BCUT2D eigenvalue weighted by Crippen LogP contribution is 2.28. The van der Waals surface area contributed by atoms with Crippen LogP contribution in [0.25, 0.3) is 10.9 Å². The highest BCUT2D eigenvalue weighted by molar-refractivity contribution is 6.30. The quantitative estimate of drug-likeness (QED) is 0.628. The Kier molecular flexibility index (Phi) is 5.50. The maximum absolute atomic E-state index is 12.8. The van der Waals surface area contributed by atoms with E-state index in [1.807, 2.05) is 4.90 Å². The zero-order chi connectivity index (χ0) is 21.4. The van der Waals surface area contributed by atoms with Gasteiger partial charge in [0, 0.05) is 61.3 Å². The molecular formula is C24H26ClN5O. The van der Waals surface area contributed by atoms with Gasteiger partial charge in [0.1, 0.15) is 12.1 Å². The second-order valence-corrected chi connectivity index (χ2v) is 8.88. The number of hydrogen-bond acceptors (Lipinski definition) is 5. The van der Waals surface area contributed by atoms with Crippen LogP contribution in [0.2, 0.25) is 5.02 Å². The van der Waals surface area contributed by atoms with Crippen LogP contribution < -0.4 is 4.90 Å². The number of carbonyl (C=O) groups is 1. The standard InChI is InChI=1S/C24H26ClN5O/c1-17-2-7-22-21(14-17)23(27-16-26-22)30-9-8-20(15-30)28-10-12-29(13-11-28)24(31)18-3-5-19(25)6-4-18/h2-7,14,16,20H,8-13,15H2,1H3. The van der Waals surface area contributed by atoms with Gasteiger partial charge in [-0.2, -0.15) is 0 Å². The second kappa shape index (κ2) is 8.44. The highest BCUT2D eigenvalue weighted by atomic mass is 35.5. The lowest BCUT2D eigenvalue weighted by Gasteiger charge is -2.38. The Hall–Kier alpha value is -2.70. The lowest BCUT2D eigenvalue weighted by molar-refractivity contribution is 0.0585. The fourth-order valence-corrected chi connectivity index (χ4v) is 4.83. The van der Waals surface area contributed by atoms with E-state index in [0.29, 0.717) is 16.6 Å². The molecule has 2 aliphatic heterocycles. The molecule has 0 aliphatic carbocycles. The van der Waals surface area contributed by atoms with Crippen LogP contribution in [-0.4, -0.2) is 71.0 Å². The molecule has 1 aromatic heterocycles. The van der Waals surface area contributed by atoms with Crippen molar-refractivity contribution >= 4 is 34.2 Å². The van der Waals surface area contributed by atoms with Crippen molar-refractivity contribution in [3.63, 3.8) is 0 Å². The summed E-state index contributed by atoms with van der Waals surface area (Å²) in [6.45, 7) is 7.39. The van der Waals surface area contributed by atoms with Crippen LogP contribution in [0.15, 0.2) is 48.8 Å². The minimum Gasteiger partial charge on any atom is -0.354 e. The van der Waals surface area contributed by atoms with Crippen molar-refractivity contribution < 1.29 is 4.79 Å². The normalized spacial score (nSPS) is 19.9. The molecule has 2 aliphatic rings. The monoisotopic (exact) mass is 435 g/mol. The van der Waals surface area contributed by atoms with Crippen LogP contribution in [0.1, 0.15) is 22.3 Å². The Morgan fingerprint density at radius 1 is 1.00 bits per heavy atom. The number of carbonyl (C=O) groups excluding carboxylic acids is 1. The van der Waals surface area contributed by atoms with Gasteiger partial charge in [-0.15, -0.1) is 0 Å². The lowest BCUT2D eigenvalue weighted by atomic mass is 10.1. The number of halogens is 1. The smallest absolute Gasteiger partial charge is 0.253 e. The number of amides is 1. The lowest BCUT2D eigenvalue weighted by Crippen LogP contribution is -2.52. The van der Waals surface area contributed by atoms with E-state index in [2.05, 4.69) is 44.9 Å². The van der Waals surface area contributed by atoms with Gasteiger partial charge in [-0.05, 0) is 49.7 Å². The van der Waals surface area contributed by atoms with E-state index in [1.54, 1.807) is 30.6 Å². The molecule has 1 amide bonds. The van der Waals surface area contributed by atoms with Gasteiger partial charge in [-0.25, -0.2) is 9.97 Å². The third-order valence-electron chi connectivity index (χ3n) is 6.44. The predicted molar refractivity (Wildman–Crippen MR) is 124 cm³/mol. The van der Waals surface area contributed by atoms with E-state index < -0.39 is 0 Å². The summed E-state index contributed by atoms with van der Waals surface area (Å²) in [5.41, 5.74) is 2.92. The van der Waals surface area contributed by atoms with Crippen molar-refractivity contribution in [1.29, 1.82) is 0 Å². The molecule has 1 atom stereocenters. The highest BCUT2D eigenvalue weighted by Gasteiger charge is 2.32. The first kappa shape index (κ1) is 20.2. The van der Waals surface area contributed by atoms with E-state index in [0.717, 1.165) is 62.4 Å². The number of hydrogen-bond donors (Lipinski definition) is 0. The molecule has 6 nitrogen and oxygen atoms in total. The van der Waals surface area contributed by atoms with Gasteiger partial charge in [0.25, 0.3) is 5.91 Å². The third kappa shape index (κ3) is 4.10. The molecule has 31 heavy (non-hydrogen) atoms. The minimum absolute atomic E-state index is 0.0900. The molecule has 2 fully saturated rings. The molecule has 0 saturated carbocycles. The van der Waals surface area contributed by atoms with E-state index >= 15 is 0 Å². The number of piperazine rings is 1. The van der Waals surface area contributed by atoms with E-state index in [4.69, 9.17) is 11.6 Å². The maximum Gasteiger partial charge on any atom is 0.253 e. The van der Waals surface area contributed by atoms with Gasteiger partial charge in [0.15, 0.2) is 0 Å². The number of benzene rings is 2. The number of fused-ring (bicyclic) bond motifs is 1. The third-order valence-corrected chi connectivity index (χ3v) is 6.69. The van der Waals surface area contributed by atoms with Gasteiger partial charge < -0.3 is 9.80 Å². The van der Waals surface area contributed by atoms with Crippen molar-refractivity contribution in [2.24, 2.45) is 0 Å². The summed E-state index contributed by atoms with van der Waals surface area (Å²) in [5.74, 6) is 1.12. The Morgan fingerprint density at radius 2 is 1.77 bits per heavy atom. The van der Waals surface area contributed by atoms with Crippen molar-refractivity contribution in [2.45, 2.75) is 19.4 Å². The average Bonchev–Trinajstić information content (AvgIpc) is 3.29. The van der Waals surface area contributed by atoms with Crippen LogP contribution in [0, 0.1) is 6.92 Å². The number of aromatic nitrogens is 2. The summed E-state index contributed by atoms with van der Waals surface area (Å²) in [6.07, 6.45) is 2.78. The van der Waals surface area contributed by atoms with E-state index in [9.17, 15) is 4.79 Å². The maximum atomic E-state index is 12.8. The van der Waals surface area contributed by atoms with E-state index in [1.165, 1.54) is 5.56 Å². The molecule has 0 N–H and O–H groups in total. The second-order valence-electron chi connectivity index (χ2n) is 8.44. The number of nitrogens with zero attached hydrogens (tertiary/aromatic N) is 5. The molecule has 2 saturated heterocycles. The summed E-state index contributed by atoms with van der Waals surface area (Å²) < 4.78 is 0. The summed E-state index contributed by atoms with van der Waals surface area (Å²) in [7, 11) is 0. The van der Waals surface area contributed by atoms with Crippen LogP contribution in [0.4, 0.5) is 5.82 Å². The van der Waals surface area contributed by atoms with Gasteiger partial charge in [-0.1, -0.05) is 23.2 Å². The zero-order valence-electron chi connectivity index (χ0n) is 17.7. The minimum atomic E-state index is 0.0900. The van der Waals surface area contributed by atoms with Crippen LogP contribution >= 0.6 is 11.6 Å². The number of rotatable bonds is 3. The molecule has 0 spiro atoms. The van der Waals surface area contributed by atoms with Crippen LogP contribution in [0.5, 0.6) is 0 Å². The molecule has 160 valence electrons. The fraction of sp³-hybridized carbons (Fsp3) is 0.375. The van der Waals surface area contributed by atoms with Crippen molar-refractivity contribution in [2.75, 3.05) is 44.2 Å². The van der Waals surface area contributed by atoms with Crippen molar-refractivity contribution in [3.8, 4) is 0 Å². The Balaban J connectivity index is 1.22. The average molecular weight is 436 g/mol. The summed E-state index contributed by atoms with van der Waals surface area (Å²) in [4.78, 5) is 28.7. The van der Waals surface area contributed by atoms with Gasteiger partial charge in [-0.3, -0.25) is 9.69 Å². The van der Waals surface area contributed by atoms with Gasteiger partial charge >= 0.3 is 0 Å². The molecule has 5 rings (SSSR count). The Morgan fingerprint density at radius 3 is 2.55 bits per heavy atom. The molecule has 3 aromatic rings. The first-order valence-electron chi connectivity index (χ1n) is 10.8. The largest absolute Gasteiger partial charge is 0.354 e. The topological polar surface area (TPSA) is 52.6 Å². The summed E-state index contributed by atoms with van der Waals surface area (Å²) in [6, 6.07) is 14.0. The molecule has 0 radical (unpaired) electrons. The molecule has 3 heterocycles. The molecule has 1 unspecified atom stereocenters. The first-order chi connectivity index (χ1) is 15.1. The predicted octanol–water partition coefficient (Wildman–Crippen LogP) is 3.63. The Labute approximate surface area is 187 Å². The molecule has 7 heteroatoms. The summed E-state index contributed by atoms with van der Waals surface area (Å²) >= 11 is 5.95. The van der Waals surface area contributed by atoms with Gasteiger partial charge in [0.05, 0.1) is 5.52 Å². The number of aryl methyl sites for hydroxylation is 1. The zero-order valence-corrected chi connectivity index (χ0v) is 18.4. The SMILES string of the molecule is Cc1ccc2ncnc(N3CCC(N4CCN(C(=O)c5ccc(Cl)cc5)CC4)C3)c2c1. The van der Waals surface area contributed by atoms with Crippen LogP contribution in [0.3, 0.4) is 0 Å². The molecular weight excluding hydrogens is 410 g/mol. The molecule has 2 aromatic carbocycles. The number of anilines is 1. The van der Waals surface area contributed by atoms with Gasteiger partial charge in [0.2, 0.25) is 0 Å². The Bertz CT molecular complexity index is 1090. The van der Waals surface area contributed by atoms with Crippen molar-refractivity contribution in [1.82, 2.24) is 19.8 Å². The fourth-order valence-electron chi connectivity index (χ4n) is 4.71.